The quantitative estimate of drug-likeness (QED) is 0.749. The van der Waals surface area contributed by atoms with Gasteiger partial charge in [-0.25, -0.2) is 0 Å². The first-order chi connectivity index (χ1) is 9.06. The van der Waals surface area contributed by atoms with Crippen LogP contribution in [0.15, 0.2) is 40.8 Å². The number of aliphatic carboxylic acids is 1. The molecule has 0 bridgehead atoms. The molecule has 0 saturated heterocycles. The maximum Gasteiger partial charge on any atom is 0.310 e. The van der Waals surface area contributed by atoms with Crippen molar-refractivity contribution in [1.82, 2.24) is 0 Å². The number of carboxylic acid groups (broad SMARTS) is 1. The summed E-state index contributed by atoms with van der Waals surface area (Å²) in [6, 6.07) is 11.7. The number of carboxylic acids is 1. The van der Waals surface area contributed by atoms with Crippen LogP contribution >= 0.6 is 0 Å². The Morgan fingerprint density at radius 2 is 1.89 bits per heavy atom. The minimum absolute atomic E-state index is 0.528. The van der Waals surface area contributed by atoms with Gasteiger partial charge in [-0.1, -0.05) is 23.8 Å². The summed E-state index contributed by atoms with van der Waals surface area (Å²) in [5.41, 5.74) is 3.51. The van der Waals surface area contributed by atoms with Crippen LogP contribution in [0.5, 0.6) is 0 Å². The highest BCUT2D eigenvalue weighted by Gasteiger charge is 2.15. The number of carbonyl (C=O) groups is 1. The predicted molar refractivity (Wildman–Crippen MR) is 74.5 cm³/mol. The van der Waals surface area contributed by atoms with Crippen LogP contribution in [-0.4, -0.2) is 11.1 Å². The van der Waals surface area contributed by atoms with E-state index in [0.717, 1.165) is 27.5 Å². The van der Waals surface area contributed by atoms with Crippen LogP contribution in [0.4, 0.5) is 0 Å². The third-order valence-electron chi connectivity index (χ3n) is 3.52. The van der Waals surface area contributed by atoms with Gasteiger partial charge in [0, 0.05) is 10.8 Å². The molecule has 1 N–H and O–H groups in total. The summed E-state index contributed by atoms with van der Waals surface area (Å²) in [7, 11) is 0. The topological polar surface area (TPSA) is 50.4 Å². The molecule has 1 unspecified atom stereocenters. The van der Waals surface area contributed by atoms with Crippen LogP contribution < -0.4 is 0 Å². The molecule has 0 spiro atoms. The maximum absolute atomic E-state index is 11.0. The predicted octanol–water partition coefficient (Wildman–Crippen LogP) is 4.08. The summed E-state index contributed by atoms with van der Waals surface area (Å²) in [5.74, 6) is -1.36. The zero-order valence-electron chi connectivity index (χ0n) is 10.8. The molecular weight excluding hydrogens is 240 g/mol. The lowest BCUT2D eigenvalue weighted by atomic mass is 10.00. The fraction of sp³-hybridized carbons (Fsp3) is 0.188. The number of hydrogen-bond donors (Lipinski definition) is 1. The van der Waals surface area contributed by atoms with Crippen LogP contribution in [0.2, 0.25) is 0 Å². The highest BCUT2D eigenvalue weighted by Crippen LogP contribution is 2.31. The van der Waals surface area contributed by atoms with E-state index in [1.807, 2.05) is 37.3 Å². The molecule has 3 aromatic rings. The van der Waals surface area contributed by atoms with Crippen molar-refractivity contribution in [2.24, 2.45) is 0 Å². The fourth-order valence-electron chi connectivity index (χ4n) is 2.32. The first-order valence-corrected chi connectivity index (χ1v) is 6.22. The molecule has 1 atom stereocenters. The Morgan fingerprint density at radius 1 is 1.11 bits per heavy atom. The van der Waals surface area contributed by atoms with Crippen molar-refractivity contribution in [3.8, 4) is 0 Å². The second kappa shape index (κ2) is 4.12. The third-order valence-corrected chi connectivity index (χ3v) is 3.52. The second-order valence-electron chi connectivity index (χ2n) is 4.92. The van der Waals surface area contributed by atoms with Crippen molar-refractivity contribution in [3.05, 3.63) is 47.5 Å². The van der Waals surface area contributed by atoms with E-state index in [2.05, 4.69) is 6.07 Å². The highest BCUT2D eigenvalue weighted by atomic mass is 16.4. The summed E-state index contributed by atoms with van der Waals surface area (Å²) in [5, 5.41) is 11.2. The normalized spacial score (nSPS) is 12.9. The summed E-state index contributed by atoms with van der Waals surface area (Å²) < 4.78 is 5.79. The van der Waals surface area contributed by atoms with E-state index in [-0.39, 0.29) is 0 Å². The average molecular weight is 254 g/mol. The molecule has 3 heteroatoms. The van der Waals surface area contributed by atoms with Crippen molar-refractivity contribution < 1.29 is 14.3 Å². The molecule has 0 fully saturated rings. The molecule has 0 amide bonds. The van der Waals surface area contributed by atoms with Gasteiger partial charge >= 0.3 is 5.97 Å². The SMILES string of the molecule is Cc1ccc2oc3cc(C(C)C(=O)O)ccc3c2c1. The van der Waals surface area contributed by atoms with Crippen LogP contribution in [0.3, 0.4) is 0 Å². The lowest BCUT2D eigenvalue weighted by Crippen LogP contribution is -2.06. The Bertz CT molecular complexity index is 783. The van der Waals surface area contributed by atoms with Gasteiger partial charge in [0.1, 0.15) is 11.2 Å². The van der Waals surface area contributed by atoms with Gasteiger partial charge in [-0.15, -0.1) is 0 Å². The number of hydrogen-bond acceptors (Lipinski definition) is 2. The van der Waals surface area contributed by atoms with Gasteiger partial charge in [0.15, 0.2) is 0 Å². The van der Waals surface area contributed by atoms with Crippen LogP contribution in [0.1, 0.15) is 24.0 Å². The molecule has 0 aliphatic heterocycles. The number of benzene rings is 2. The molecule has 3 nitrogen and oxygen atoms in total. The number of aryl methyl sites for hydroxylation is 1. The van der Waals surface area contributed by atoms with Gasteiger partial charge in [0.05, 0.1) is 5.92 Å². The average Bonchev–Trinajstić information content (AvgIpc) is 2.74. The van der Waals surface area contributed by atoms with E-state index in [1.165, 1.54) is 5.56 Å². The Morgan fingerprint density at radius 3 is 2.63 bits per heavy atom. The molecule has 1 heterocycles. The largest absolute Gasteiger partial charge is 0.481 e. The van der Waals surface area contributed by atoms with E-state index < -0.39 is 11.9 Å². The van der Waals surface area contributed by atoms with Crippen LogP contribution in [0.25, 0.3) is 21.9 Å². The molecule has 19 heavy (non-hydrogen) atoms. The van der Waals surface area contributed by atoms with Crippen LogP contribution in [0, 0.1) is 6.92 Å². The monoisotopic (exact) mass is 254 g/mol. The highest BCUT2D eigenvalue weighted by molar-refractivity contribution is 6.05. The number of furan rings is 1. The molecule has 3 rings (SSSR count). The van der Waals surface area contributed by atoms with E-state index in [0.29, 0.717) is 0 Å². The van der Waals surface area contributed by atoms with E-state index >= 15 is 0 Å². The number of rotatable bonds is 2. The van der Waals surface area contributed by atoms with Crippen LogP contribution in [-0.2, 0) is 4.79 Å². The van der Waals surface area contributed by atoms with Crippen molar-refractivity contribution in [1.29, 1.82) is 0 Å². The lowest BCUT2D eigenvalue weighted by molar-refractivity contribution is -0.138. The molecule has 0 radical (unpaired) electrons. The molecule has 1 aromatic heterocycles. The fourth-order valence-corrected chi connectivity index (χ4v) is 2.32. The van der Waals surface area contributed by atoms with Gasteiger partial charge in [-0.3, -0.25) is 4.79 Å². The summed E-state index contributed by atoms with van der Waals surface area (Å²) in [4.78, 5) is 11.0. The summed E-state index contributed by atoms with van der Waals surface area (Å²) >= 11 is 0. The summed E-state index contributed by atoms with van der Waals surface area (Å²) in [6.45, 7) is 3.72. The molecular formula is C16H14O3. The van der Waals surface area contributed by atoms with Crippen molar-refractivity contribution in [2.75, 3.05) is 0 Å². The number of fused-ring (bicyclic) bond motifs is 3. The van der Waals surface area contributed by atoms with Gasteiger partial charge in [-0.2, -0.15) is 0 Å². The minimum atomic E-state index is -0.827. The molecule has 0 aliphatic rings. The Kier molecular flexibility index (Phi) is 2.56. The smallest absolute Gasteiger partial charge is 0.310 e. The molecule has 2 aromatic carbocycles. The van der Waals surface area contributed by atoms with Crippen molar-refractivity contribution in [3.63, 3.8) is 0 Å². The Balaban J connectivity index is 2.24. The summed E-state index contributed by atoms with van der Waals surface area (Å²) in [6.07, 6.45) is 0. The van der Waals surface area contributed by atoms with Gasteiger partial charge in [-0.05, 0) is 37.6 Å². The zero-order valence-corrected chi connectivity index (χ0v) is 10.8. The van der Waals surface area contributed by atoms with Gasteiger partial charge < -0.3 is 9.52 Å². The third kappa shape index (κ3) is 1.87. The Labute approximate surface area is 110 Å². The van der Waals surface area contributed by atoms with E-state index in [9.17, 15) is 4.79 Å². The molecule has 0 saturated carbocycles. The lowest BCUT2D eigenvalue weighted by Gasteiger charge is -2.05. The van der Waals surface area contributed by atoms with Gasteiger partial charge in [0.25, 0.3) is 0 Å². The maximum atomic E-state index is 11.0. The van der Waals surface area contributed by atoms with E-state index in [4.69, 9.17) is 9.52 Å². The first-order valence-electron chi connectivity index (χ1n) is 6.22. The minimum Gasteiger partial charge on any atom is -0.481 e. The van der Waals surface area contributed by atoms with Crippen molar-refractivity contribution in [2.45, 2.75) is 19.8 Å². The van der Waals surface area contributed by atoms with Crippen molar-refractivity contribution >= 4 is 27.9 Å². The molecule has 96 valence electrons. The standard InChI is InChI=1S/C16H14O3/c1-9-3-6-14-13(7-9)12-5-4-11(8-15(12)19-14)10(2)16(17)18/h3-8,10H,1-2H3,(H,17,18). The van der Waals surface area contributed by atoms with Gasteiger partial charge in [0.2, 0.25) is 0 Å². The van der Waals surface area contributed by atoms with E-state index in [1.54, 1.807) is 6.92 Å². The first kappa shape index (κ1) is 11.8. The Hall–Kier alpha value is -2.29. The molecule has 0 aliphatic carbocycles. The second-order valence-corrected chi connectivity index (χ2v) is 4.92. The zero-order chi connectivity index (χ0) is 13.6.